The molecular formula is C20H22Cl2N6. The van der Waals surface area contributed by atoms with E-state index >= 15 is 0 Å². The van der Waals surface area contributed by atoms with Gasteiger partial charge in [0.05, 0.1) is 35.1 Å². The average Bonchev–Trinajstić information content (AvgIpc) is 2.71. The highest BCUT2D eigenvalue weighted by Gasteiger charge is 2.20. The van der Waals surface area contributed by atoms with E-state index in [4.69, 9.17) is 23.6 Å². The Kier molecular flexibility index (Phi) is 5.15. The lowest BCUT2D eigenvalue weighted by molar-refractivity contribution is 0.333. The molecule has 0 saturated heterocycles. The first kappa shape index (κ1) is 18.7. The molecule has 4 rings (SSSR count). The summed E-state index contributed by atoms with van der Waals surface area (Å²) in [6.45, 7) is 1.59. The summed E-state index contributed by atoms with van der Waals surface area (Å²) in [5, 5.41) is 6.87. The minimum Gasteiger partial charge on any atom is -0.358 e. The molecule has 0 fully saturated rings. The van der Waals surface area contributed by atoms with Crippen molar-refractivity contribution in [1.29, 1.82) is 0 Å². The number of rotatable bonds is 5. The van der Waals surface area contributed by atoms with Gasteiger partial charge in [0.1, 0.15) is 11.6 Å². The molecule has 0 amide bonds. The van der Waals surface area contributed by atoms with Crippen molar-refractivity contribution in [1.82, 2.24) is 9.80 Å². The SMILES string of the molecule is CN(CCN(C)C1=CN(Cl)c2ccccc2N1)C1=CN(Cl)c2ccccc2N1. The average molecular weight is 417 g/mol. The van der Waals surface area contributed by atoms with Gasteiger partial charge < -0.3 is 20.4 Å². The molecule has 2 aliphatic rings. The summed E-state index contributed by atoms with van der Waals surface area (Å²) < 4.78 is 3.24. The van der Waals surface area contributed by atoms with E-state index in [1.54, 1.807) is 8.84 Å². The maximum Gasteiger partial charge on any atom is 0.124 e. The minimum absolute atomic E-state index is 0.797. The molecule has 2 N–H and O–H groups in total. The second-order valence-corrected chi connectivity index (χ2v) is 7.51. The van der Waals surface area contributed by atoms with E-state index in [0.29, 0.717) is 0 Å². The Morgan fingerprint density at radius 3 is 1.54 bits per heavy atom. The highest BCUT2D eigenvalue weighted by atomic mass is 35.5. The van der Waals surface area contributed by atoms with Crippen LogP contribution in [0.25, 0.3) is 0 Å². The molecule has 0 radical (unpaired) electrons. The summed E-state index contributed by atoms with van der Waals surface area (Å²) in [5.41, 5.74) is 3.86. The second kappa shape index (κ2) is 7.73. The van der Waals surface area contributed by atoms with Crippen LogP contribution >= 0.6 is 23.6 Å². The predicted octanol–water partition coefficient (Wildman–Crippen LogP) is 4.62. The first-order valence-corrected chi connectivity index (χ1v) is 9.68. The molecule has 2 aromatic rings. The molecule has 0 unspecified atom stereocenters. The van der Waals surface area contributed by atoms with E-state index < -0.39 is 0 Å². The van der Waals surface area contributed by atoms with Crippen LogP contribution in [-0.4, -0.2) is 37.0 Å². The van der Waals surface area contributed by atoms with Crippen LogP contribution in [0.1, 0.15) is 0 Å². The van der Waals surface area contributed by atoms with Crippen LogP contribution in [0.2, 0.25) is 0 Å². The van der Waals surface area contributed by atoms with E-state index in [2.05, 4.69) is 20.4 Å². The van der Waals surface area contributed by atoms with E-state index in [0.717, 1.165) is 47.5 Å². The number of nitrogens with one attached hydrogen (secondary N) is 2. The predicted molar refractivity (Wildman–Crippen MR) is 118 cm³/mol. The summed E-state index contributed by atoms with van der Waals surface area (Å²) in [5.74, 6) is 1.88. The van der Waals surface area contributed by atoms with Gasteiger partial charge in [-0.25, -0.2) is 0 Å². The number of para-hydroxylation sites is 4. The van der Waals surface area contributed by atoms with Gasteiger partial charge in [-0.05, 0) is 24.3 Å². The Morgan fingerprint density at radius 1 is 0.714 bits per heavy atom. The van der Waals surface area contributed by atoms with Gasteiger partial charge in [0.15, 0.2) is 0 Å². The molecular weight excluding hydrogens is 395 g/mol. The third-order valence-corrected chi connectivity index (χ3v) is 5.42. The summed E-state index contributed by atoms with van der Waals surface area (Å²) in [7, 11) is 4.08. The smallest absolute Gasteiger partial charge is 0.124 e. The second-order valence-electron chi connectivity index (χ2n) is 6.78. The molecule has 0 spiro atoms. The third-order valence-electron chi connectivity index (χ3n) is 4.86. The maximum atomic E-state index is 6.37. The van der Waals surface area contributed by atoms with E-state index in [9.17, 15) is 0 Å². The normalized spacial score (nSPS) is 14.9. The van der Waals surface area contributed by atoms with E-state index in [1.165, 1.54) is 0 Å². The molecule has 2 heterocycles. The van der Waals surface area contributed by atoms with Crippen molar-refractivity contribution in [3.05, 3.63) is 72.6 Å². The number of anilines is 4. The molecule has 2 aromatic carbocycles. The molecule has 28 heavy (non-hydrogen) atoms. The molecule has 0 bridgehead atoms. The van der Waals surface area contributed by atoms with Gasteiger partial charge in [-0.15, -0.1) is 0 Å². The zero-order valence-corrected chi connectivity index (χ0v) is 17.2. The van der Waals surface area contributed by atoms with Gasteiger partial charge in [0, 0.05) is 50.7 Å². The van der Waals surface area contributed by atoms with Crippen LogP contribution in [0.4, 0.5) is 22.7 Å². The van der Waals surface area contributed by atoms with E-state index in [1.807, 2.05) is 75.0 Å². The van der Waals surface area contributed by atoms with Gasteiger partial charge in [-0.3, -0.25) is 8.84 Å². The maximum absolute atomic E-state index is 6.37. The summed E-state index contributed by atoms with van der Waals surface area (Å²) in [6.07, 6.45) is 3.78. The fraction of sp³-hybridized carbons (Fsp3) is 0.200. The fourth-order valence-corrected chi connectivity index (χ4v) is 3.63. The number of hydrogen-bond donors (Lipinski definition) is 2. The number of fused-ring (bicyclic) bond motifs is 2. The molecule has 146 valence electrons. The third kappa shape index (κ3) is 3.66. The standard InChI is InChI=1S/C20H22Cl2N6/c1-25(19-13-27(21)17-9-5-3-7-15(17)23-19)11-12-26(2)20-14-28(22)18-10-6-4-8-16(18)24-20/h3-10,13-14,23-24H,11-12H2,1-2H3. The molecule has 2 aliphatic heterocycles. The van der Waals surface area contributed by atoms with Crippen LogP contribution < -0.4 is 19.5 Å². The summed E-state index contributed by atoms with van der Waals surface area (Å²) >= 11 is 12.7. The zero-order chi connectivity index (χ0) is 19.7. The Hall–Kier alpha value is -2.70. The number of likely N-dealkylation sites (N-methyl/N-ethyl adjacent to an activating group) is 2. The molecule has 0 aromatic heterocycles. The van der Waals surface area contributed by atoms with Crippen LogP contribution in [-0.2, 0) is 0 Å². The monoisotopic (exact) mass is 416 g/mol. The van der Waals surface area contributed by atoms with Crippen LogP contribution in [0.15, 0.2) is 72.6 Å². The lowest BCUT2D eigenvalue weighted by Crippen LogP contribution is -2.36. The van der Waals surface area contributed by atoms with Gasteiger partial charge in [-0.1, -0.05) is 24.3 Å². The Bertz CT molecular complexity index is 853. The van der Waals surface area contributed by atoms with Crippen molar-refractivity contribution in [3.63, 3.8) is 0 Å². The first-order chi connectivity index (χ1) is 13.5. The highest BCUT2D eigenvalue weighted by Crippen LogP contribution is 2.34. The molecule has 8 heteroatoms. The van der Waals surface area contributed by atoms with Crippen molar-refractivity contribution in [3.8, 4) is 0 Å². The quantitative estimate of drug-likeness (QED) is 0.692. The Labute approximate surface area is 175 Å². The lowest BCUT2D eigenvalue weighted by Gasteiger charge is -2.34. The van der Waals surface area contributed by atoms with Gasteiger partial charge in [-0.2, -0.15) is 0 Å². The van der Waals surface area contributed by atoms with Crippen molar-refractivity contribution in [2.75, 3.05) is 46.7 Å². The number of hydrogen-bond acceptors (Lipinski definition) is 6. The van der Waals surface area contributed by atoms with Crippen molar-refractivity contribution in [2.45, 2.75) is 0 Å². The molecule has 0 aliphatic carbocycles. The van der Waals surface area contributed by atoms with Crippen LogP contribution in [0.5, 0.6) is 0 Å². The Morgan fingerprint density at radius 2 is 1.11 bits per heavy atom. The topological polar surface area (TPSA) is 37.0 Å². The highest BCUT2D eigenvalue weighted by molar-refractivity contribution is 6.28. The minimum atomic E-state index is 0.797. The van der Waals surface area contributed by atoms with Gasteiger partial charge >= 0.3 is 0 Å². The fourth-order valence-electron chi connectivity index (χ4n) is 3.15. The molecule has 6 nitrogen and oxygen atoms in total. The number of benzene rings is 2. The van der Waals surface area contributed by atoms with Gasteiger partial charge in [0.25, 0.3) is 0 Å². The van der Waals surface area contributed by atoms with E-state index in [-0.39, 0.29) is 0 Å². The van der Waals surface area contributed by atoms with Crippen molar-refractivity contribution in [2.24, 2.45) is 0 Å². The first-order valence-electron chi connectivity index (χ1n) is 9.01. The lowest BCUT2D eigenvalue weighted by atomic mass is 10.2. The zero-order valence-electron chi connectivity index (χ0n) is 15.7. The summed E-state index contributed by atoms with van der Waals surface area (Å²) in [4.78, 5) is 4.27. The van der Waals surface area contributed by atoms with Crippen LogP contribution in [0.3, 0.4) is 0 Å². The Balaban J connectivity index is 1.39. The largest absolute Gasteiger partial charge is 0.358 e. The summed E-state index contributed by atoms with van der Waals surface area (Å²) in [6, 6.07) is 15.9. The van der Waals surface area contributed by atoms with Gasteiger partial charge in [0.2, 0.25) is 0 Å². The molecule has 0 atom stereocenters. The molecule has 0 saturated carbocycles. The van der Waals surface area contributed by atoms with Crippen molar-refractivity contribution < 1.29 is 0 Å². The number of halogens is 2. The van der Waals surface area contributed by atoms with Crippen molar-refractivity contribution >= 4 is 46.3 Å². The van der Waals surface area contributed by atoms with Crippen LogP contribution in [0, 0.1) is 0 Å². The number of nitrogens with zero attached hydrogens (tertiary/aromatic N) is 4.